The number of carbonyl (C=O) groups excluding carboxylic acids is 1. The molecular weight excluding hydrogens is 289 g/mol. The first-order valence-corrected chi connectivity index (χ1v) is 6.20. The zero-order chi connectivity index (χ0) is 12.3. The van der Waals surface area contributed by atoms with E-state index in [1.54, 1.807) is 12.1 Å². The Bertz CT molecular complexity index is 398. The number of carbonyl (C=O) groups is 1. The number of hydrogen-bond acceptors (Lipinski definition) is 1. The van der Waals surface area contributed by atoms with Crippen LogP contribution in [0.15, 0.2) is 22.7 Å². The zero-order valence-corrected chi connectivity index (χ0v) is 11.9. The summed E-state index contributed by atoms with van der Waals surface area (Å²) in [6.45, 7) is 6.08. The molecule has 0 atom stereocenters. The fraction of sp³-hybridized carbons (Fsp3) is 0.417. The molecule has 1 N–H and O–H groups in total. The van der Waals surface area contributed by atoms with Gasteiger partial charge in [-0.15, -0.1) is 0 Å². The first-order chi connectivity index (χ1) is 7.29. The Morgan fingerprint density at radius 3 is 2.62 bits per heavy atom. The number of halogens is 2. The molecule has 0 spiro atoms. The minimum absolute atomic E-state index is 0.00420. The topological polar surface area (TPSA) is 29.1 Å². The van der Waals surface area contributed by atoms with E-state index >= 15 is 0 Å². The lowest BCUT2D eigenvalue weighted by molar-refractivity contribution is -0.117. The van der Waals surface area contributed by atoms with Crippen LogP contribution in [-0.2, 0) is 4.79 Å². The molecule has 0 aliphatic rings. The van der Waals surface area contributed by atoms with Crippen molar-refractivity contribution >= 4 is 39.1 Å². The Labute approximate surface area is 110 Å². The van der Waals surface area contributed by atoms with Crippen molar-refractivity contribution in [1.29, 1.82) is 0 Å². The van der Waals surface area contributed by atoms with Crippen LogP contribution in [0.3, 0.4) is 0 Å². The molecule has 4 heteroatoms. The Morgan fingerprint density at radius 2 is 2.06 bits per heavy atom. The van der Waals surface area contributed by atoms with Crippen LogP contribution in [-0.4, -0.2) is 5.91 Å². The van der Waals surface area contributed by atoms with Crippen LogP contribution in [0.1, 0.15) is 27.2 Å². The molecule has 0 aromatic heterocycles. The van der Waals surface area contributed by atoms with Crippen molar-refractivity contribution in [2.75, 3.05) is 5.32 Å². The predicted molar refractivity (Wildman–Crippen MR) is 71.9 cm³/mol. The van der Waals surface area contributed by atoms with Crippen LogP contribution >= 0.6 is 27.5 Å². The van der Waals surface area contributed by atoms with Gasteiger partial charge in [0.15, 0.2) is 0 Å². The molecule has 0 bridgehead atoms. The maximum Gasteiger partial charge on any atom is 0.224 e. The molecule has 1 amide bonds. The summed E-state index contributed by atoms with van der Waals surface area (Å²) in [5.74, 6) is -0.00420. The fourth-order valence-corrected chi connectivity index (χ4v) is 1.81. The Balaban J connectivity index is 2.74. The maximum atomic E-state index is 11.7. The molecule has 88 valence electrons. The highest BCUT2D eigenvalue weighted by molar-refractivity contribution is 9.10. The Kier molecular flexibility index (Phi) is 4.39. The molecule has 2 nitrogen and oxygen atoms in total. The van der Waals surface area contributed by atoms with Gasteiger partial charge in [0.05, 0.1) is 15.2 Å². The van der Waals surface area contributed by atoms with Crippen LogP contribution in [0.4, 0.5) is 5.69 Å². The van der Waals surface area contributed by atoms with Crippen molar-refractivity contribution in [2.45, 2.75) is 27.2 Å². The highest BCUT2D eigenvalue weighted by Gasteiger charge is 2.16. The summed E-state index contributed by atoms with van der Waals surface area (Å²) in [5.41, 5.74) is 0.691. The van der Waals surface area contributed by atoms with E-state index in [1.165, 1.54) is 0 Å². The summed E-state index contributed by atoms with van der Waals surface area (Å²) in [6, 6.07) is 5.39. The number of amides is 1. The van der Waals surface area contributed by atoms with Crippen molar-refractivity contribution in [3.8, 4) is 0 Å². The van der Waals surface area contributed by atoms with Crippen molar-refractivity contribution < 1.29 is 4.79 Å². The Hall–Kier alpha value is -0.540. The van der Waals surface area contributed by atoms with Crippen molar-refractivity contribution in [3.05, 3.63) is 27.7 Å². The molecule has 0 aliphatic carbocycles. The average Bonchev–Trinajstić information content (AvgIpc) is 2.09. The van der Waals surface area contributed by atoms with E-state index in [2.05, 4.69) is 21.2 Å². The SMILES string of the molecule is CC(C)(C)CC(=O)Nc1cccc(Cl)c1Br. The third-order valence-corrected chi connectivity index (χ3v) is 3.31. The van der Waals surface area contributed by atoms with Gasteiger partial charge in [-0.25, -0.2) is 0 Å². The molecule has 1 aromatic carbocycles. The second kappa shape index (κ2) is 5.19. The largest absolute Gasteiger partial charge is 0.325 e. The normalized spacial score (nSPS) is 11.3. The molecule has 0 saturated heterocycles. The van der Waals surface area contributed by atoms with E-state index in [0.29, 0.717) is 17.1 Å². The summed E-state index contributed by atoms with van der Waals surface area (Å²) >= 11 is 9.27. The summed E-state index contributed by atoms with van der Waals surface area (Å²) in [7, 11) is 0. The van der Waals surface area contributed by atoms with Crippen LogP contribution in [0.2, 0.25) is 5.02 Å². The van der Waals surface area contributed by atoms with E-state index in [0.717, 1.165) is 4.47 Å². The molecule has 0 fully saturated rings. The summed E-state index contributed by atoms with van der Waals surface area (Å²) in [6.07, 6.45) is 0.478. The maximum absolute atomic E-state index is 11.7. The van der Waals surface area contributed by atoms with E-state index < -0.39 is 0 Å². The second-order valence-electron chi connectivity index (χ2n) is 4.89. The summed E-state index contributed by atoms with van der Waals surface area (Å²) in [4.78, 5) is 11.7. The molecule has 1 rings (SSSR count). The van der Waals surface area contributed by atoms with Crippen LogP contribution in [0.25, 0.3) is 0 Å². The molecule has 0 heterocycles. The monoisotopic (exact) mass is 303 g/mol. The van der Waals surface area contributed by atoms with Crippen molar-refractivity contribution in [2.24, 2.45) is 5.41 Å². The van der Waals surface area contributed by atoms with Gasteiger partial charge in [-0.05, 0) is 33.5 Å². The molecular formula is C12H15BrClNO. The summed E-state index contributed by atoms with van der Waals surface area (Å²) in [5, 5.41) is 3.43. The van der Waals surface area contributed by atoms with Crippen molar-refractivity contribution in [3.63, 3.8) is 0 Å². The van der Waals surface area contributed by atoms with Gasteiger partial charge in [0, 0.05) is 6.42 Å². The lowest BCUT2D eigenvalue weighted by Gasteiger charge is -2.17. The highest BCUT2D eigenvalue weighted by Crippen LogP contribution is 2.30. The molecule has 0 saturated carbocycles. The van der Waals surface area contributed by atoms with Crippen molar-refractivity contribution in [1.82, 2.24) is 0 Å². The van der Waals surface area contributed by atoms with Gasteiger partial charge in [0.25, 0.3) is 0 Å². The first kappa shape index (κ1) is 13.5. The smallest absolute Gasteiger partial charge is 0.224 e. The third kappa shape index (κ3) is 4.14. The number of hydrogen-bond donors (Lipinski definition) is 1. The molecule has 16 heavy (non-hydrogen) atoms. The minimum atomic E-state index is -0.0187. The lowest BCUT2D eigenvalue weighted by atomic mass is 9.92. The van der Waals surface area contributed by atoms with Gasteiger partial charge in [-0.2, -0.15) is 0 Å². The average molecular weight is 305 g/mol. The van der Waals surface area contributed by atoms with E-state index in [1.807, 2.05) is 26.8 Å². The minimum Gasteiger partial charge on any atom is -0.325 e. The van der Waals surface area contributed by atoms with Gasteiger partial charge >= 0.3 is 0 Å². The lowest BCUT2D eigenvalue weighted by Crippen LogP contribution is -2.19. The standard InChI is InChI=1S/C12H15BrClNO/c1-12(2,3)7-10(16)15-9-6-4-5-8(14)11(9)13/h4-6H,7H2,1-3H3,(H,15,16). The zero-order valence-electron chi connectivity index (χ0n) is 9.60. The van der Waals surface area contributed by atoms with Crippen LogP contribution in [0, 0.1) is 5.41 Å². The fourth-order valence-electron chi connectivity index (χ4n) is 1.28. The van der Waals surface area contributed by atoms with Gasteiger partial charge in [0.1, 0.15) is 0 Å². The van der Waals surface area contributed by atoms with Gasteiger partial charge in [-0.3, -0.25) is 4.79 Å². The number of anilines is 1. The van der Waals surface area contributed by atoms with E-state index in [4.69, 9.17) is 11.6 Å². The molecule has 1 aromatic rings. The summed E-state index contributed by atoms with van der Waals surface area (Å²) < 4.78 is 0.721. The van der Waals surface area contributed by atoms with Gasteiger partial charge in [-0.1, -0.05) is 38.4 Å². The first-order valence-electron chi connectivity index (χ1n) is 5.03. The molecule has 0 aliphatic heterocycles. The van der Waals surface area contributed by atoms with Crippen LogP contribution in [0.5, 0.6) is 0 Å². The predicted octanol–water partition coefficient (Wildman–Crippen LogP) is 4.48. The number of nitrogens with one attached hydrogen (secondary N) is 1. The third-order valence-electron chi connectivity index (χ3n) is 1.92. The molecule has 0 unspecified atom stereocenters. The Morgan fingerprint density at radius 1 is 1.44 bits per heavy atom. The quantitative estimate of drug-likeness (QED) is 0.857. The van der Waals surface area contributed by atoms with Crippen LogP contribution < -0.4 is 5.32 Å². The second-order valence-corrected chi connectivity index (χ2v) is 6.09. The van der Waals surface area contributed by atoms with E-state index in [9.17, 15) is 4.79 Å². The number of benzene rings is 1. The van der Waals surface area contributed by atoms with Gasteiger partial charge < -0.3 is 5.32 Å². The highest BCUT2D eigenvalue weighted by atomic mass is 79.9. The molecule has 0 radical (unpaired) electrons. The van der Waals surface area contributed by atoms with Gasteiger partial charge in [0.2, 0.25) is 5.91 Å². The van der Waals surface area contributed by atoms with E-state index in [-0.39, 0.29) is 11.3 Å². The number of rotatable bonds is 2.